The zero-order valence-electron chi connectivity index (χ0n) is 20.7. The van der Waals surface area contributed by atoms with Crippen molar-refractivity contribution in [1.29, 1.82) is 5.26 Å². The van der Waals surface area contributed by atoms with Crippen molar-refractivity contribution < 1.29 is 8.78 Å². The van der Waals surface area contributed by atoms with Crippen molar-refractivity contribution in [3.63, 3.8) is 0 Å². The maximum atomic E-state index is 14.3. The van der Waals surface area contributed by atoms with Crippen molar-refractivity contribution in [2.45, 2.75) is 30.9 Å². The standard InChI is InChI=1S/C27H25Cl2F2N3S.C2H4/c1-27(21-9-7-19(15-32)24(28)13-21)11-3-5-22(30)6-4-12-34(26(27)16-33-2)18-35-17-20-8-10-23(31)14-25(20)29;1-2/h4-10,13-14,16H,2-3,11-12,17-18H2,1H3;1-2H2/b6-4-,22-5+,26-16-;. The summed E-state index contributed by atoms with van der Waals surface area (Å²) in [4.78, 5) is 6.20. The van der Waals surface area contributed by atoms with E-state index in [0.29, 0.717) is 46.6 Å². The maximum absolute atomic E-state index is 14.3. The van der Waals surface area contributed by atoms with E-state index in [2.05, 4.69) is 42.8 Å². The molecule has 0 saturated heterocycles. The molecule has 1 atom stereocenters. The summed E-state index contributed by atoms with van der Waals surface area (Å²) < 4.78 is 27.7. The van der Waals surface area contributed by atoms with Crippen molar-refractivity contribution >= 4 is 41.7 Å². The summed E-state index contributed by atoms with van der Waals surface area (Å²) in [5, 5.41) is 10.0. The van der Waals surface area contributed by atoms with E-state index >= 15 is 0 Å². The Kier molecular flexibility index (Phi) is 12.1. The molecule has 8 heteroatoms. The third-order valence-electron chi connectivity index (χ3n) is 5.95. The highest BCUT2D eigenvalue weighted by Crippen LogP contribution is 2.41. The van der Waals surface area contributed by atoms with E-state index in [1.54, 1.807) is 48.3 Å². The Bertz CT molecular complexity index is 1240. The van der Waals surface area contributed by atoms with Gasteiger partial charge in [-0.15, -0.1) is 24.9 Å². The smallest absolute Gasteiger partial charge is 0.124 e. The molecular formula is C29H29Cl2F2N3S. The second-order valence-corrected chi connectivity index (χ2v) is 10.1. The van der Waals surface area contributed by atoms with Crippen molar-refractivity contribution in [2.75, 3.05) is 12.4 Å². The first-order valence-corrected chi connectivity index (χ1v) is 13.3. The molecule has 0 saturated carbocycles. The third-order valence-corrected chi connectivity index (χ3v) is 7.63. The monoisotopic (exact) mass is 559 g/mol. The van der Waals surface area contributed by atoms with Gasteiger partial charge in [0.2, 0.25) is 0 Å². The molecule has 3 nitrogen and oxygen atoms in total. The molecule has 0 fully saturated rings. The van der Waals surface area contributed by atoms with Crippen LogP contribution in [0.3, 0.4) is 0 Å². The second kappa shape index (κ2) is 14.8. The Morgan fingerprint density at radius 3 is 2.59 bits per heavy atom. The number of hydrogen-bond acceptors (Lipinski definition) is 4. The molecule has 1 aliphatic heterocycles. The van der Waals surface area contributed by atoms with Crippen molar-refractivity contribution in [3.05, 3.63) is 118 Å². The Morgan fingerprint density at radius 2 is 1.95 bits per heavy atom. The van der Waals surface area contributed by atoms with Gasteiger partial charge in [-0.05, 0) is 74.0 Å². The summed E-state index contributed by atoms with van der Waals surface area (Å²) in [5.74, 6) is 0.455. The van der Waals surface area contributed by atoms with Crippen LogP contribution in [0.2, 0.25) is 10.0 Å². The molecule has 0 bridgehead atoms. The first-order valence-electron chi connectivity index (χ1n) is 11.4. The molecule has 0 amide bonds. The van der Waals surface area contributed by atoms with Gasteiger partial charge in [-0.3, -0.25) is 4.99 Å². The van der Waals surface area contributed by atoms with Crippen LogP contribution in [0.15, 0.2) is 90.5 Å². The van der Waals surface area contributed by atoms with Gasteiger partial charge >= 0.3 is 0 Å². The van der Waals surface area contributed by atoms with Gasteiger partial charge in [0.1, 0.15) is 17.7 Å². The summed E-state index contributed by atoms with van der Waals surface area (Å²) in [6.45, 7) is 12.2. The molecule has 1 aliphatic rings. The van der Waals surface area contributed by atoms with E-state index in [0.717, 1.165) is 16.8 Å². The minimum absolute atomic E-state index is 0.287. The quantitative estimate of drug-likeness (QED) is 0.262. The van der Waals surface area contributed by atoms with Crippen LogP contribution in [-0.2, 0) is 11.2 Å². The van der Waals surface area contributed by atoms with Gasteiger partial charge in [0.25, 0.3) is 0 Å². The van der Waals surface area contributed by atoms with E-state index in [9.17, 15) is 14.0 Å². The SMILES string of the molecule is C=C.C=N/C=C1\N(CSCc2ccc(F)cc2Cl)C/C=C\C(F)=C/CCC1(C)c1ccc(C#N)c(Cl)c1. The number of aliphatic imine (C=N–C) groups is 1. The lowest BCUT2D eigenvalue weighted by Gasteiger charge is -2.40. The van der Waals surface area contributed by atoms with Crippen LogP contribution >= 0.6 is 35.0 Å². The molecule has 1 heterocycles. The molecule has 3 rings (SSSR count). The number of rotatable bonds is 6. The first-order chi connectivity index (χ1) is 17.8. The van der Waals surface area contributed by atoms with E-state index in [-0.39, 0.29) is 11.6 Å². The number of nitrogens with zero attached hydrogens (tertiary/aromatic N) is 3. The predicted molar refractivity (Wildman–Crippen MR) is 154 cm³/mol. The largest absolute Gasteiger partial charge is 0.360 e. The highest BCUT2D eigenvalue weighted by molar-refractivity contribution is 7.98. The number of thioether (sulfide) groups is 1. The summed E-state index contributed by atoms with van der Waals surface area (Å²) in [6, 6.07) is 11.8. The van der Waals surface area contributed by atoms with E-state index in [4.69, 9.17) is 23.2 Å². The molecule has 0 aromatic heterocycles. The van der Waals surface area contributed by atoms with Crippen molar-refractivity contribution in [2.24, 2.45) is 4.99 Å². The molecular weight excluding hydrogens is 531 g/mol. The van der Waals surface area contributed by atoms with Gasteiger partial charge in [-0.25, -0.2) is 8.78 Å². The number of halogens is 4. The van der Waals surface area contributed by atoms with Crippen LogP contribution < -0.4 is 0 Å². The molecule has 0 radical (unpaired) electrons. The molecule has 0 spiro atoms. The molecule has 2 aromatic rings. The summed E-state index contributed by atoms with van der Waals surface area (Å²) >= 11 is 14.2. The topological polar surface area (TPSA) is 39.4 Å². The van der Waals surface area contributed by atoms with Gasteiger partial charge < -0.3 is 4.90 Å². The molecule has 2 aromatic carbocycles. The lowest BCUT2D eigenvalue weighted by molar-refractivity contribution is 0.336. The minimum atomic E-state index is -0.588. The lowest BCUT2D eigenvalue weighted by Crippen LogP contribution is -2.37. The predicted octanol–water partition coefficient (Wildman–Crippen LogP) is 9.00. The number of nitriles is 1. The average Bonchev–Trinajstić information content (AvgIpc) is 2.88. The van der Waals surface area contributed by atoms with Gasteiger partial charge in [0.05, 0.1) is 16.5 Å². The second-order valence-electron chi connectivity index (χ2n) is 8.30. The summed E-state index contributed by atoms with van der Waals surface area (Å²) in [6.07, 6.45) is 7.61. The van der Waals surface area contributed by atoms with Crippen LogP contribution in [0.25, 0.3) is 0 Å². The fraction of sp³-hybridized carbons (Fsp3) is 0.241. The van der Waals surface area contributed by atoms with E-state index < -0.39 is 5.41 Å². The molecule has 1 unspecified atom stereocenters. The summed E-state index contributed by atoms with van der Waals surface area (Å²) in [7, 11) is 0. The highest BCUT2D eigenvalue weighted by Gasteiger charge is 2.35. The van der Waals surface area contributed by atoms with Crippen molar-refractivity contribution in [3.8, 4) is 6.07 Å². The Morgan fingerprint density at radius 1 is 1.19 bits per heavy atom. The van der Waals surface area contributed by atoms with Crippen molar-refractivity contribution in [1.82, 2.24) is 4.90 Å². The summed E-state index contributed by atoms with van der Waals surface area (Å²) in [5.41, 5.74) is 2.42. The number of hydrogen-bond donors (Lipinski definition) is 0. The zero-order chi connectivity index (χ0) is 27.4. The third kappa shape index (κ3) is 8.07. The molecule has 194 valence electrons. The highest BCUT2D eigenvalue weighted by atomic mass is 35.5. The van der Waals surface area contributed by atoms with E-state index in [1.165, 1.54) is 18.2 Å². The normalized spacial score (nSPS) is 21.1. The number of benzene rings is 2. The van der Waals surface area contributed by atoms with E-state index in [1.807, 2.05) is 6.07 Å². The van der Waals surface area contributed by atoms with Gasteiger partial charge in [0, 0.05) is 34.6 Å². The van der Waals surface area contributed by atoms with Crippen LogP contribution in [0.4, 0.5) is 8.78 Å². The minimum Gasteiger partial charge on any atom is -0.360 e. The van der Waals surface area contributed by atoms with Gasteiger partial charge in [-0.1, -0.05) is 41.4 Å². The number of allylic oxidation sites excluding steroid dienone is 4. The lowest BCUT2D eigenvalue weighted by atomic mass is 9.75. The van der Waals surface area contributed by atoms with Crippen LogP contribution in [0.5, 0.6) is 0 Å². The Balaban J connectivity index is 0.00000235. The maximum Gasteiger partial charge on any atom is 0.124 e. The fourth-order valence-corrected chi connectivity index (χ4v) is 5.58. The van der Waals surface area contributed by atoms with Crippen LogP contribution in [0.1, 0.15) is 36.5 Å². The fourth-order valence-electron chi connectivity index (χ4n) is 4.01. The first kappa shape index (κ1) is 30.4. The molecule has 37 heavy (non-hydrogen) atoms. The molecule has 0 aliphatic carbocycles. The van der Waals surface area contributed by atoms with Gasteiger partial charge in [-0.2, -0.15) is 5.26 Å². The average molecular weight is 561 g/mol. The Labute approximate surface area is 232 Å². The van der Waals surface area contributed by atoms with Gasteiger partial charge in [0.15, 0.2) is 0 Å². The molecule has 0 N–H and O–H groups in total. The van der Waals surface area contributed by atoms with Crippen LogP contribution in [-0.4, -0.2) is 24.0 Å². The zero-order valence-corrected chi connectivity index (χ0v) is 23.0. The Hall–Kier alpha value is -2.85. The van der Waals surface area contributed by atoms with Crippen LogP contribution in [0, 0.1) is 17.1 Å².